The van der Waals surface area contributed by atoms with E-state index in [0.29, 0.717) is 13.2 Å². The molecule has 30 heavy (non-hydrogen) atoms. The fourth-order valence-corrected chi connectivity index (χ4v) is 3.64. The van der Waals surface area contributed by atoms with Crippen molar-refractivity contribution in [2.75, 3.05) is 34.5 Å². The molecule has 2 aromatic rings. The summed E-state index contributed by atoms with van der Waals surface area (Å²) < 4.78 is 24.7. The molecule has 0 N–H and O–H groups in total. The van der Waals surface area contributed by atoms with Crippen LogP contribution < -0.4 is 4.74 Å². The highest BCUT2D eigenvalue weighted by atomic mass is 32.1. The van der Waals surface area contributed by atoms with Gasteiger partial charge in [-0.2, -0.15) is 0 Å². The van der Waals surface area contributed by atoms with E-state index in [1.807, 2.05) is 22.9 Å². The average molecular weight is 455 g/mol. The van der Waals surface area contributed by atoms with Crippen LogP contribution in [0, 0.1) is 0 Å². The Morgan fingerprint density at radius 2 is 1.47 bits per heavy atom. The Labute approximate surface area is 184 Å². The maximum absolute atomic E-state index is 10.9. The molecule has 0 amide bonds. The van der Waals surface area contributed by atoms with Gasteiger partial charge in [0.25, 0.3) is 0 Å². The smallest absolute Gasteiger partial charge is 0.330 e. The van der Waals surface area contributed by atoms with E-state index in [1.165, 1.54) is 49.0 Å². The second kappa shape index (κ2) is 13.7. The van der Waals surface area contributed by atoms with Crippen molar-refractivity contribution in [3.05, 3.63) is 50.4 Å². The van der Waals surface area contributed by atoms with Crippen molar-refractivity contribution in [2.45, 2.75) is 13.7 Å². The minimum atomic E-state index is -0.358. The van der Waals surface area contributed by atoms with Crippen molar-refractivity contribution in [2.24, 2.45) is 0 Å². The van der Waals surface area contributed by atoms with Crippen LogP contribution in [0.25, 0.3) is 12.2 Å². The topological polar surface area (TPSA) is 80.3 Å². The van der Waals surface area contributed by atoms with Gasteiger partial charge in [0.2, 0.25) is 0 Å². The first-order chi connectivity index (χ1) is 14.0. The zero-order valence-corrected chi connectivity index (χ0v) is 17.9. The number of ether oxygens (including phenoxy) is 5. The summed E-state index contributed by atoms with van der Waals surface area (Å²) in [4.78, 5) is 23.6. The Morgan fingerprint density at radius 1 is 0.933 bits per heavy atom. The summed E-state index contributed by atoms with van der Waals surface area (Å²) in [6.07, 6.45) is 5.93. The zero-order valence-electron chi connectivity index (χ0n) is 16.3. The van der Waals surface area contributed by atoms with E-state index in [-0.39, 0.29) is 25.7 Å². The summed E-state index contributed by atoms with van der Waals surface area (Å²) in [6, 6.07) is 3.80. The van der Waals surface area contributed by atoms with Crippen molar-refractivity contribution in [1.82, 2.24) is 0 Å². The van der Waals surface area contributed by atoms with E-state index in [4.69, 9.17) is 14.2 Å². The number of carbonyl (C=O) groups is 2. The van der Waals surface area contributed by atoms with Gasteiger partial charge in [-0.3, -0.25) is 0 Å². The number of hydrogen-bond donors (Lipinski definition) is 0. The molecule has 3 heterocycles. The van der Waals surface area contributed by atoms with Crippen LogP contribution in [-0.2, 0) is 28.5 Å². The molecule has 2 aromatic heterocycles. The predicted octanol–water partition coefficient (Wildman–Crippen LogP) is 4.56. The molecule has 1 aliphatic rings. The lowest BCUT2D eigenvalue weighted by molar-refractivity contribution is -0.135. The molecule has 1 aliphatic heterocycles. The quantitative estimate of drug-likeness (QED) is 0.468. The SMILES string of the molecule is C.COC(=O)/C=C/c1cc(C2OCCO2)cs1.COC(=O)/C=C/c1cc(OC)cs1. The lowest BCUT2D eigenvalue weighted by atomic mass is 10.3. The van der Waals surface area contributed by atoms with E-state index in [0.717, 1.165) is 21.1 Å². The monoisotopic (exact) mass is 454 g/mol. The Hall–Kier alpha value is -2.46. The largest absolute Gasteiger partial charge is 0.496 e. The van der Waals surface area contributed by atoms with E-state index in [2.05, 4.69) is 9.47 Å². The van der Waals surface area contributed by atoms with E-state index >= 15 is 0 Å². The summed E-state index contributed by atoms with van der Waals surface area (Å²) in [6.45, 7) is 1.27. The van der Waals surface area contributed by atoms with Crippen LogP contribution in [0.1, 0.15) is 29.0 Å². The molecule has 0 radical (unpaired) electrons. The summed E-state index contributed by atoms with van der Waals surface area (Å²) in [5, 5.41) is 3.84. The van der Waals surface area contributed by atoms with E-state index < -0.39 is 0 Å². The van der Waals surface area contributed by atoms with Gasteiger partial charge >= 0.3 is 11.9 Å². The Bertz CT molecular complexity index is 845. The molecule has 0 spiro atoms. The highest BCUT2D eigenvalue weighted by Gasteiger charge is 2.19. The maximum Gasteiger partial charge on any atom is 0.330 e. The van der Waals surface area contributed by atoms with Crippen LogP contribution in [0.3, 0.4) is 0 Å². The standard InChI is InChI=1S/C11H12O4S.C9H10O3S.CH4/c1-13-10(12)3-2-9-6-8(7-16-9)11-14-4-5-15-11;1-11-7-5-8(13-6-7)3-4-9(10)12-2;/h2-3,6-7,11H,4-5H2,1H3;3-6H,1-2H3;1H4/b3-2+;4-3+;. The molecule has 1 fully saturated rings. The minimum Gasteiger partial charge on any atom is -0.496 e. The van der Waals surface area contributed by atoms with Crippen LogP contribution >= 0.6 is 22.7 Å². The minimum absolute atomic E-state index is 0. The zero-order chi connectivity index (χ0) is 21.1. The molecule has 0 aliphatic carbocycles. The molecule has 1 saturated heterocycles. The van der Waals surface area contributed by atoms with Gasteiger partial charge in [0.1, 0.15) is 5.75 Å². The van der Waals surface area contributed by atoms with Crippen LogP contribution in [0.5, 0.6) is 5.75 Å². The van der Waals surface area contributed by atoms with Crippen LogP contribution in [-0.4, -0.2) is 46.5 Å². The van der Waals surface area contributed by atoms with Crippen molar-refractivity contribution >= 4 is 46.8 Å². The second-order valence-electron chi connectivity index (χ2n) is 5.46. The lowest BCUT2D eigenvalue weighted by Gasteiger charge is -2.04. The number of rotatable bonds is 6. The fourth-order valence-electron chi connectivity index (χ4n) is 2.10. The first-order valence-corrected chi connectivity index (χ1v) is 10.3. The molecule has 0 aromatic carbocycles. The molecule has 164 valence electrons. The lowest BCUT2D eigenvalue weighted by Crippen LogP contribution is -1.95. The molecule has 0 saturated carbocycles. The highest BCUT2D eigenvalue weighted by molar-refractivity contribution is 7.11. The van der Waals surface area contributed by atoms with Gasteiger partial charge in [0.15, 0.2) is 6.29 Å². The third-order valence-electron chi connectivity index (χ3n) is 3.54. The third kappa shape index (κ3) is 8.50. The van der Waals surface area contributed by atoms with Crippen molar-refractivity contribution in [3.8, 4) is 5.75 Å². The fraction of sp³-hybridized carbons (Fsp3) is 0.333. The Kier molecular flexibility index (Phi) is 11.7. The molecular weight excluding hydrogens is 428 g/mol. The molecule has 0 unspecified atom stereocenters. The normalized spacial score (nSPS) is 13.6. The van der Waals surface area contributed by atoms with Crippen LogP contribution in [0.15, 0.2) is 35.0 Å². The summed E-state index contributed by atoms with van der Waals surface area (Å²) in [5.74, 6) is 0.0881. The molecule has 0 atom stereocenters. The van der Waals surface area contributed by atoms with Crippen molar-refractivity contribution < 1.29 is 33.3 Å². The van der Waals surface area contributed by atoms with Crippen LogP contribution in [0.2, 0.25) is 0 Å². The van der Waals surface area contributed by atoms with Gasteiger partial charge in [-0.15, -0.1) is 22.7 Å². The van der Waals surface area contributed by atoms with Gasteiger partial charge < -0.3 is 23.7 Å². The maximum atomic E-state index is 10.9. The summed E-state index contributed by atoms with van der Waals surface area (Å²) >= 11 is 3.04. The van der Waals surface area contributed by atoms with Gasteiger partial charge in [0.05, 0.1) is 34.5 Å². The second-order valence-corrected chi connectivity index (χ2v) is 7.34. The van der Waals surface area contributed by atoms with Crippen molar-refractivity contribution in [3.63, 3.8) is 0 Å². The average Bonchev–Trinajstić information content (AvgIpc) is 3.51. The molecular formula is C21H26O7S2. The molecule has 9 heteroatoms. The highest BCUT2D eigenvalue weighted by Crippen LogP contribution is 2.28. The molecule has 7 nitrogen and oxygen atoms in total. The summed E-state index contributed by atoms with van der Waals surface area (Å²) in [5.41, 5.74) is 0.993. The van der Waals surface area contributed by atoms with E-state index in [9.17, 15) is 9.59 Å². The summed E-state index contributed by atoms with van der Waals surface area (Å²) in [7, 11) is 4.31. The third-order valence-corrected chi connectivity index (χ3v) is 5.33. The van der Waals surface area contributed by atoms with Gasteiger partial charge in [-0.1, -0.05) is 7.43 Å². The van der Waals surface area contributed by atoms with Crippen molar-refractivity contribution in [1.29, 1.82) is 0 Å². The van der Waals surface area contributed by atoms with E-state index in [1.54, 1.807) is 19.3 Å². The van der Waals surface area contributed by atoms with Crippen LogP contribution in [0.4, 0.5) is 0 Å². The number of thiophene rings is 2. The van der Waals surface area contributed by atoms with Gasteiger partial charge in [0, 0.05) is 32.8 Å². The molecule has 0 bridgehead atoms. The Morgan fingerprint density at radius 3 is 1.97 bits per heavy atom. The molecule has 3 rings (SSSR count). The van der Waals surface area contributed by atoms with Gasteiger partial charge in [-0.25, -0.2) is 9.59 Å². The number of esters is 2. The first kappa shape index (κ1) is 25.6. The first-order valence-electron chi connectivity index (χ1n) is 8.52. The number of methoxy groups -OCH3 is 3. The Balaban J connectivity index is 0.000000297. The van der Waals surface area contributed by atoms with Gasteiger partial charge in [-0.05, 0) is 29.7 Å². The number of carbonyl (C=O) groups excluding carboxylic acids is 2. The predicted molar refractivity (Wildman–Crippen MR) is 119 cm³/mol. The number of hydrogen-bond acceptors (Lipinski definition) is 9.